The predicted molar refractivity (Wildman–Crippen MR) is 143 cm³/mol. The minimum Gasteiger partial charge on any atom is -0.490 e. The molecule has 1 fully saturated rings. The number of fused-ring (bicyclic) bond motifs is 1. The molecule has 1 aliphatic rings. The van der Waals surface area contributed by atoms with Crippen molar-refractivity contribution in [2.24, 2.45) is 0 Å². The van der Waals surface area contributed by atoms with Crippen LogP contribution in [0.4, 0.5) is 20.7 Å². The molecule has 9 nitrogen and oxygen atoms in total. The number of benzene rings is 2. The summed E-state index contributed by atoms with van der Waals surface area (Å²) in [6, 6.07) is 8.00. The zero-order valence-corrected chi connectivity index (χ0v) is 22.4. The van der Waals surface area contributed by atoms with Gasteiger partial charge in [0.25, 0.3) is 0 Å². The Balaban J connectivity index is 1.51. The summed E-state index contributed by atoms with van der Waals surface area (Å²) in [5, 5.41) is 6.62. The Bertz CT molecular complexity index is 1260. The van der Waals surface area contributed by atoms with Gasteiger partial charge in [0.2, 0.25) is 0 Å². The quantitative estimate of drug-likeness (QED) is 0.314. The molecule has 0 bridgehead atoms. The van der Waals surface area contributed by atoms with Gasteiger partial charge in [-0.1, -0.05) is 11.6 Å². The van der Waals surface area contributed by atoms with Crippen LogP contribution in [0.1, 0.15) is 40.0 Å². The van der Waals surface area contributed by atoms with Crippen LogP contribution in [0.3, 0.4) is 0 Å². The van der Waals surface area contributed by atoms with Crippen LogP contribution >= 0.6 is 11.6 Å². The molecule has 11 heteroatoms. The number of hydrogen-bond acceptors (Lipinski definition) is 8. The van der Waals surface area contributed by atoms with Gasteiger partial charge in [-0.25, -0.2) is 19.2 Å². The van der Waals surface area contributed by atoms with Crippen LogP contribution in [-0.4, -0.2) is 54.1 Å². The Hall–Kier alpha value is -3.37. The van der Waals surface area contributed by atoms with Crippen LogP contribution in [0, 0.1) is 5.82 Å². The van der Waals surface area contributed by atoms with Gasteiger partial charge in [-0.05, 0) is 51.5 Å². The molecule has 204 valence electrons. The van der Waals surface area contributed by atoms with E-state index >= 15 is 0 Å². The number of halogens is 2. The van der Waals surface area contributed by atoms with Crippen LogP contribution < -0.4 is 20.1 Å². The molecule has 0 aliphatic carbocycles. The molecule has 38 heavy (non-hydrogen) atoms. The van der Waals surface area contributed by atoms with Gasteiger partial charge in [0.05, 0.1) is 30.4 Å². The standard InChI is InChI=1S/C27H32ClFN4O5/c1-27(2,3)38-26(34)30-9-4-10-36-23-15-22-19(14-24(23)37-18-7-11-35-12-8-18)25(32-16-31-22)33-17-5-6-21(29)20(28)13-17/h5-6,13-16,18H,4,7-12H2,1-3H3,(H,30,34)(H,31,32,33). The van der Waals surface area contributed by atoms with Crippen LogP contribution in [0.25, 0.3) is 10.9 Å². The van der Waals surface area contributed by atoms with Crippen molar-refractivity contribution < 1.29 is 28.1 Å². The first kappa shape index (κ1) is 27.7. The number of aromatic nitrogens is 2. The van der Waals surface area contributed by atoms with Crippen molar-refractivity contribution in [3.05, 3.63) is 47.5 Å². The lowest BCUT2D eigenvalue weighted by Gasteiger charge is -2.25. The van der Waals surface area contributed by atoms with Gasteiger partial charge >= 0.3 is 6.09 Å². The number of alkyl carbamates (subject to hydrolysis) is 1. The summed E-state index contributed by atoms with van der Waals surface area (Å²) in [6.45, 7) is 7.45. The molecular formula is C27H32ClFN4O5. The molecular weight excluding hydrogens is 515 g/mol. The molecule has 0 saturated carbocycles. The number of carbonyl (C=O) groups excluding carboxylic acids is 1. The summed E-state index contributed by atoms with van der Waals surface area (Å²) in [5.74, 6) is 1.11. The Morgan fingerprint density at radius 1 is 1.16 bits per heavy atom. The molecule has 1 aliphatic heterocycles. The van der Waals surface area contributed by atoms with Gasteiger partial charge in [0.1, 0.15) is 29.7 Å². The summed E-state index contributed by atoms with van der Waals surface area (Å²) in [7, 11) is 0. The van der Waals surface area contributed by atoms with Crippen LogP contribution in [0.15, 0.2) is 36.7 Å². The Morgan fingerprint density at radius 3 is 2.68 bits per heavy atom. The average molecular weight is 547 g/mol. The van der Waals surface area contributed by atoms with Crippen molar-refractivity contribution in [1.29, 1.82) is 0 Å². The van der Waals surface area contributed by atoms with Gasteiger partial charge < -0.3 is 29.6 Å². The largest absolute Gasteiger partial charge is 0.490 e. The summed E-state index contributed by atoms with van der Waals surface area (Å²) < 4.78 is 36.7. The average Bonchev–Trinajstić information content (AvgIpc) is 2.86. The maximum absolute atomic E-state index is 13.6. The van der Waals surface area contributed by atoms with Crippen LogP contribution in [-0.2, 0) is 9.47 Å². The maximum atomic E-state index is 13.6. The fraction of sp³-hybridized carbons (Fsp3) is 0.444. The Kier molecular flexibility index (Phi) is 9.06. The molecule has 4 rings (SSSR count). The fourth-order valence-corrected chi connectivity index (χ4v) is 3.99. The first-order chi connectivity index (χ1) is 18.2. The lowest BCUT2D eigenvalue weighted by atomic mass is 10.1. The molecule has 2 N–H and O–H groups in total. The molecule has 1 saturated heterocycles. The van der Waals surface area contributed by atoms with Crippen molar-refractivity contribution in [1.82, 2.24) is 15.3 Å². The third-order valence-electron chi connectivity index (χ3n) is 5.59. The second-order valence-electron chi connectivity index (χ2n) is 9.85. The molecule has 1 amide bonds. The van der Waals surface area contributed by atoms with E-state index in [1.807, 2.05) is 26.8 Å². The molecule has 0 atom stereocenters. The zero-order chi connectivity index (χ0) is 27.1. The van der Waals surface area contributed by atoms with Gasteiger partial charge in [0.15, 0.2) is 11.5 Å². The minimum absolute atomic E-state index is 0.00810. The van der Waals surface area contributed by atoms with E-state index in [1.165, 1.54) is 18.5 Å². The summed E-state index contributed by atoms with van der Waals surface area (Å²) >= 11 is 5.94. The molecule has 3 aromatic rings. The molecule has 0 unspecified atom stereocenters. The Labute approximate surface area is 226 Å². The fourth-order valence-electron chi connectivity index (χ4n) is 3.81. The van der Waals surface area contributed by atoms with E-state index in [4.69, 9.17) is 30.5 Å². The van der Waals surface area contributed by atoms with Crippen LogP contribution in [0.5, 0.6) is 11.5 Å². The van der Waals surface area contributed by atoms with Crippen molar-refractivity contribution in [3.63, 3.8) is 0 Å². The maximum Gasteiger partial charge on any atom is 0.407 e. The van der Waals surface area contributed by atoms with E-state index in [9.17, 15) is 9.18 Å². The number of carbonyl (C=O) groups is 1. The second kappa shape index (κ2) is 12.4. The van der Waals surface area contributed by atoms with E-state index in [0.717, 1.165) is 12.8 Å². The summed E-state index contributed by atoms with van der Waals surface area (Å²) in [4.78, 5) is 20.6. The van der Waals surface area contributed by atoms with E-state index < -0.39 is 17.5 Å². The number of ether oxygens (including phenoxy) is 4. The van der Waals surface area contributed by atoms with Crippen LogP contribution in [0.2, 0.25) is 5.02 Å². The monoisotopic (exact) mass is 546 g/mol. The van der Waals surface area contributed by atoms with Crippen molar-refractivity contribution in [2.75, 3.05) is 31.7 Å². The highest BCUT2D eigenvalue weighted by molar-refractivity contribution is 6.31. The number of nitrogens with zero attached hydrogens (tertiary/aromatic N) is 2. The first-order valence-electron chi connectivity index (χ1n) is 12.5. The van der Waals surface area contributed by atoms with E-state index in [1.54, 1.807) is 12.1 Å². The number of hydrogen-bond donors (Lipinski definition) is 2. The van der Waals surface area contributed by atoms with Crippen molar-refractivity contribution >= 4 is 40.1 Å². The predicted octanol–water partition coefficient (Wildman–Crippen LogP) is 6.02. The molecule has 1 aromatic heterocycles. The van der Waals surface area contributed by atoms with Gasteiger partial charge in [-0.2, -0.15) is 0 Å². The summed E-state index contributed by atoms with van der Waals surface area (Å²) in [5.41, 5.74) is 0.665. The van der Waals surface area contributed by atoms with Gasteiger partial charge in [-0.15, -0.1) is 0 Å². The molecule has 2 heterocycles. The van der Waals surface area contributed by atoms with E-state index in [-0.39, 0.29) is 11.1 Å². The third kappa shape index (κ3) is 7.82. The smallest absolute Gasteiger partial charge is 0.407 e. The number of anilines is 2. The van der Waals surface area contributed by atoms with E-state index in [2.05, 4.69) is 20.6 Å². The highest BCUT2D eigenvalue weighted by atomic mass is 35.5. The number of rotatable bonds is 9. The SMILES string of the molecule is CC(C)(C)OC(=O)NCCCOc1cc2ncnc(Nc3ccc(F)c(Cl)c3)c2cc1OC1CCOCC1. The number of nitrogens with one attached hydrogen (secondary N) is 2. The molecule has 0 spiro atoms. The third-order valence-corrected chi connectivity index (χ3v) is 5.88. The lowest BCUT2D eigenvalue weighted by molar-refractivity contribution is 0.0243. The minimum atomic E-state index is -0.555. The van der Waals surface area contributed by atoms with Crippen molar-refractivity contribution in [2.45, 2.75) is 51.7 Å². The Morgan fingerprint density at radius 2 is 1.95 bits per heavy atom. The topological polar surface area (TPSA) is 104 Å². The van der Waals surface area contributed by atoms with Crippen molar-refractivity contribution in [3.8, 4) is 11.5 Å². The van der Waals surface area contributed by atoms with Gasteiger partial charge in [-0.3, -0.25) is 0 Å². The second-order valence-corrected chi connectivity index (χ2v) is 10.3. The number of amides is 1. The zero-order valence-electron chi connectivity index (χ0n) is 21.7. The van der Waals surface area contributed by atoms with Gasteiger partial charge in [0, 0.05) is 36.5 Å². The highest BCUT2D eigenvalue weighted by Gasteiger charge is 2.20. The normalized spacial score (nSPS) is 14.2. The van der Waals surface area contributed by atoms with E-state index in [0.29, 0.717) is 66.7 Å². The highest BCUT2D eigenvalue weighted by Crippen LogP contribution is 2.36. The summed E-state index contributed by atoms with van der Waals surface area (Å²) in [6.07, 6.45) is 3.04. The first-order valence-corrected chi connectivity index (χ1v) is 12.9. The molecule has 2 aromatic carbocycles. The lowest BCUT2D eigenvalue weighted by Crippen LogP contribution is -2.33. The molecule has 0 radical (unpaired) electrons.